The third-order valence-electron chi connectivity index (χ3n) is 5.57. The van der Waals surface area contributed by atoms with Gasteiger partial charge in [0.2, 0.25) is 0 Å². The van der Waals surface area contributed by atoms with Crippen LogP contribution in [0.1, 0.15) is 42.5 Å². The van der Waals surface area contributed by atoms with Gasteiger partial charge in [-0.1, -0.05) is 6.42 Å². The molecule has 7 nitrogen and oxygen atoms in total. The van der Waals surface area contributed by atoms with Crippen molar-refractivity contribution in [3.8, 4) is 6.07 Å². The predicted octanol–water partition coefficient (Wildman–Crippen LogP) is 3.58. The van der Waals surface area contributed by atoms with E-state index in [2.05, 4.69) is 11.4 Å². The molecule has 3 aliphatic rings. The summed E-state index contributed by atoms with van der Waals surface area (Å²) < 4.78 is 0. The number of rotatable bonds is 4. The van der Waals surface area contributed by atoms with E-state index in [0.717, 1.165) is 45.2 Å². The zero-order chi connectivity index (χ0) is 19.0. The predicted molar refractivity (Wildman–Crippen MR) is 103 cm³/mol. The first kappa shape index (κ1) is 17.9. The summed E-state index contributed by atoms with van der Waals surface area (Å²) in [6, 6.07) is 6.88. The Morgan fingerprint density at radius 2 is 2.07 bits per heavy atom. The third-order valence-corrected chi connectivity index (χ3v) is 6.99. The maximum Gasteiger partial charge on any atom is 0.293 e. The van der Waals surface area contributed by atoms with Crippen molar-refractivity contribution in [1.82, 2.24) is 5.32 Å². The van der Waals surface area contributed by atoms with Crippen LogP contribution in [0.25, 0.3) is 0 Å². The van der Waals surface area contributed by atoms with Crippen molar-refractivity contribution >= 4 is 29.0 Å². The molecule has 2 aliphatic heterocycles. The smallest absolute Gasteiger partial charge is 0.293 e. The van der Waals surface area contributed by atoms with Gasteiger partial charge in [-0.2, -0.15) is 5.26 Å². The minimum absolute atomic E-state index is 0.0463. The molecule has 2 unspecified atom stereocenters. The maximum absolute atomic E-state index is 12.7. The zero-order valence-corrected chi connectivity index (χ0v) is 15.6. The molecule has 0 spiro atoms. The largest absolute Gasteiger partial charge is 0.366 e. The van der Waals surface area contributed by atoms with Gasteiger partial charge in [0.1, 0.15) is 5.69 Å². The fourth-order valence-electron chi connectivity index (χ4n) is 4.22. The number of allylic oxidation sites excluding steroid dienone is 1. The van der Waals surface area contributed by atoms with Crippen molar-refractivity contribution in [3.63, 3.8) is 0 Å². The highest BCUT2D eigenvalue weighted by atomic mass is 32.2. The van der Waals surface area contributed by atoms with Gasteiger partial charge in [0.05, 0.1) is 21.6 Å². The zero-order valence-electron chi connectivity index (χ0n) is 14.8. The molecule has 1 saturated carbocycles. The van der Waals surface area contributed by atoms with Gasteiger partial charge in [-0.15, -0.1) is 11.8 Å². The molecule has 4 rings (SSSR count). The van der Waals surface area contributed by atoms with Crippen LogP contribution in [-0.2, 0) is 0 Å². The molecule has 2 atom stereocenters. The lowest BCUT2D eigenvalue weighted by molar-refractivity contribution is -0.384. The fourth-order valence-corrected chi connectivity index (χ4v) is 5.72. The quantitative estimate of drug-likeness (QED) is 0.629. The van der Waals surface area contributed by atoms with Crippen LogP contribution in [0.5, 0.6) is 0 Å². The van der Waals surface area contributed by atoms with E-state index in [1.54, 1.807) is 23.9 Å². The van der Waals surface area contributed by atoms with Crippen LogP contribution in [0.4, 0.5) is 11.4 Å². The second-order valence-corrected chi connectivity index (χ2v) is 8.41. The van der Waals surface area contributed by atoms with Gasteiger partial charge in [-0.3, -0.25) is 14.9 Å². The average Bonchev–Trinajstić information content (AvgIpc) is 3.38. The van der Waals surface area contributed by atoms with E-state index in [4.69, 9.17) is 0 Å². The number of nitrogens with zero attached hydrogens (tertiary/aromatic N) is 3. The molecule has 27 heavy (non-hydrogen) atoms. The number of anilines is 1. The molecule has 0 radical (unpaired) electrons. The molecule has 1 N–H and O–H groups in total. The van der Waals surface area contributed by atoms with Gasteiger partial charge in [0.15, 0.2) is 0 Å². The Hall–Kier alpha value is -2.53. The van der Waals surface area contributed by atoms with E-state index < -0.39 is 10.8 Å². The highest BCUT2D eigenvalue weighted by Gasteiger charge is 2.39. The molecular weight excluding hydrogens is 364 g/mol. The van der Waals surface area contributed by atoms with E-state index in [9.17, 15) is 20.2 Å². The minimum Gasteiger partial charge on any atom is -0.366 e. The first-order chi connectivity index (χ1) is 13.1. The Morgan fingerprint density at radius 1 is 1.30 bits per heavy atom. The van der Waals surface area contributed by atoms with Crippen molar-refractivity contribution in [2.75, 3.05) is 18.0 Å². The number of carbonyl (C=O) groups excluding carboxylic acids is 1. The Balaban J connectivity index is 1.58. The van der Waals surface area contributed by atoms with Crippen LogP contribution < -0.4 is 10.2 Å². The Bertz CT molecular complexity index is 870. The molecule has 2 fully saturated rings. The van der Waals surface area contributed by atoms with Crippen LogP contribution in [0.3, 0.4) is 0 Å². The van der Waals surface area contributed by atoms with Gasteiger partial charge in [-0.25, -0.2) is 0 Å². The second-order valence-electron chi connectivity index (χ2n) is 7.16. The summed E-state index contributed by atoms with van der Waals surface area (Å²) in [5, 5.41) is 24.8. The Kier molecular flexibility index (Phi) is 4.79. The molecule has 1 aliphatic carbocycles. The molecule has 1 aromatic rings. The fraction of sp³-hybridized carbons (Fsp3) is 0.474. The standard InChI is InChI=1S/C19H20N4O3S/c20-11-14-13-4-3-5-17(13)27-19(14)21-18(24)12-6-7-15(16(10-12)23(25)26)22-8-1-2-9-22/h6-7,10,13,17H,1-5,8-9H2,(H,21,24). The molecule has 1 amide bonds. The third kappa shape index (κ3) is 3.28. The van der Waals surface area contributed by atoms with Gasteiger partial charge in [0.25, 0.3) is 11.6 Å². The van der Waals surface area contributed by atoms with Gasteiger partial charge in [0, 0.05) is 35.9 Å². The summed E-state index contributed by atoms with van der Waals surface area (Å²) in [6.45, 7) is 1.59. The van der Waals surface area contributed by atoms with E-state index in [1.165, 1.54) is 6.07 Å². The number of amides is 1. The first-order valence-electron chi connectivity index (χ1n) is 9.24. The van der Waals surface area contributed by atoms with Crippen LogP contribution in [0, 0.1) is 27.4 Å². The van der Waals surface area contributed by atoms with Crippen LogP contribution in [-0.4, -0.2) is 29.2 Å². The summed E-state index contributed by atoms with van der Waals surface area (Å²) in [5.74, 6) is -0.177. The topological polar surface area (TPSA) is 99.3 Å². The number of nitro benzene ring substituents is 1. The molecule has 140 valence electrons. The molecule has 1 saturated heterocycles. The minimum atomic E-state index is -0.431. The lowest BCUT2D eigenvalue weighted by Gasteiger charge is -2.18. The van der Waals surface area contributed by atoms with E-state index >= 15 is 0 Å². The van der Waals surface area contributed by atoms with Gasteiger partial charge in [-0.05, 0) is 37.8 Å². The number of benzene rings is 1. The van der Waals surface area contributed by atoms with Crippen molar-refractivity contribution in [3.05, 3.63) is 44.5 Å². The number of nitrogens with one attached hydrogen (secondary N) is 1. The van der Waals surface area contributed by atoms with Crippen LogP contribution >= 0.6 is 11.8 Å². The summed E-state index contributed by atoms with van der Waals surface area (Å²) in [5.41, 5.74) is 1.41. The number of nitriles is 1. The van der Waals surface area contributed by atoms with Crippen LogP contribution in [0.2, 0.25) is 0 Å². The second kappa shape index (κ2) is 7.24. The number of fused-ring (bicyclic) bond motifs is 1. The Labute approximate surface area is 161 Å². The summed E-state index contributed by atoms with van der Waals surface area (Å²) >= 11 is 1.55. The first-order valence-corrected chi connectivity index (χ1v) is 10.1. The highest BCUT2D eigenvalue weighted by molar-refractivity contribution is 8.04. The van der Waals surface area contributed by atoms with Crippen molar-refractivity contribution in [1.29, 1.82) is 5.26 Å². The normalized spacial score (nSPS) is 24.0. The number of hydrogen-bond acceptors (Lipinski definition) is 6. The number of thioether (sulfide) groups is 1. The van der Waals surface area contributed by atoms with Gasteiger partial charge < -0.3 is 10.2 Å². The van der Waals surface area contributed by atoms with E-state index in [-0.39, 0.29) is 17.2 Å². The maximum atomic E-state index is 12.7. The summed E-state index contributed by atoms with van der Waals surface area (Å²) in [7, 11) is 0. The summed E-state index contributed by atoms with van der Waals surface area (Å²) in [6.07, 6.45) is 5.18. The number of carbonyl (C=O) groups is 1. The molecular formula is C19H20N4O3S. The van der Waals surface area contributed by atoms with E-state index in [0.29, 0.717) is 21.5 Å². The van der Waals surface area contributed by atoms with Crippen LogP contribution in [0.15, 0.2) is 28.8 Å². The lowest BCUT2D eigenvalue weighted by Crippen LogP contribution is -2.23. The summed E-state index contributed by atoms with van der Waals surface area (Å²) in [4.78, 5) is 25.8. The molecule has 0 aromatic heterocycles. The van der Waals surface area contributed by atoms with Gasteiger partial charge >= 0.3 is 0 Å². The Morgan fingerprint density at radius 3 is 2.78 bits per heavy atom. The van der Waals surface area contributed by atoms with Crippen molar-refractivity contribution < 1.29 is 9.72 Å². The van der Waals surface area contributed by atoms with Crippen molar-refractivity contribution in [2.24, 2.45) is 5.92 Å². The lowest BCUT2D eigenvalue weighted by atomic mass is 9.99. The van der Waals surface area contributed by atoms with Crippen molar-refractivity contribution in [2.45, 2.75) is 37.4 Å². The number of hydrogen-bond donors (Lipinski definition) is 1. The monoisotopic (exact) mass is 384 g/mol. The highest BCUT2D eigenvalue weighted by Crippen LogP contribution is 2.49. The molecule has 8 heteroatoms. The molecule has 2 heterocycles. The molecule has 1 aromatic carbocycles. The SMILES string of the molecule is N#CC1=C(NC(=O)c2ccc(N3CCCC3)c([N+](=O)[O-])c2)SC2CCCC12. The average molecular weight is 384 g/mol. The molecule has 0 bridgehead atoms. The van der Waals surface area contributed by atoms with E-state index in [1.807, 2.05) is 4.90 Å². The number of nitro groups is 1.